The summed E-state index contributed by atoms with van der Waals surface area (Å²) in [5.41, 5.74) is -2.88. The Morgan fingerprint density at radius 3 is 2.30 bits per heavy atom. The smallest absolute Gasteiger partial charge is 0.406 e. The molecule has 2 atom stereocenters. The number of nitrogens with zero attached hydrogens (tertiary/aromatic N) is 5. The van der Waals surface area contributed by atoms with Gasteiger partial charge in [-0.2, -0.15) is 13.2 Å². The van der Waals surface area contributed by atoms with Gasteiger partial charge in [-0.05, 0) is 66.6 Å². The molecule has 1 aliphatic rings. The van der Waals surface area contributed by atoms with Gasteiger partial charge in [0.2, 0.25) is 0 Å². The fourth-order valence-electron chi connectivity index (χ4n) is 5.24. The van der Waals surface area contributed by atoms with E-state index in [-0.39, 0.29) is 11.1 Å². The Balaban J connectivity index is 1.58. The Kier molecular flexibility index (Phi) is 8.32. The molecule has 0 saturated heterocycles. The third kappa shape index (κ3) is 6.01. The van der Waals surface area contributed by atoms with Crippen molar-refractivity contribution in [3.05, 3.63) is 94.0 Å². The summed E-state index contributed by atoms with van der Waals surface area (Å²) in [7, 11) is -4.41. The van der Waals surface area contributed by atoms with Crippen LogP contribution in [0.4, 0.5) is 30.7 Å². The molecule has 0 spiro atoms. The molecule has 0 amide bonds. The van der Waals surface area contributed by atoms with Crippen molar-refractivity contribution in [3.63, 3.8) is 0 Å². The molecule has 1 aliphatic carbocycles. The molecule has 18 heteroatoms. The van der Waals surface area contributed by atoms with Gasteiger partial charge in [-0.15, -0.1) is 18.3 Å². The predicted molar refractivity (Wildman–Crippen MR) is 151 cm³/mol. The molecule has 4 aromatic rings. The monoisotopic (exact) mass is 691 g/mol. The van der Waals surface area contributed by atoms with E-state index in [1.165, 1.54) is 41.2 Å². The van der Waals surface area contributed by atoms with E-state index in [9.17, 15) is 39.9 Å². The van der Waals surface area contributed by atoms with Crippen molar-refractivity contribution in [2.45, 2.75) is 31.2 Å². The van der Waals surface area contributed by atoms with Gasteiger partial charge in [0, 0.05) is 11.8 Å². The van der Waals surface area contributed by atoms with Gasteiger partial charge in [-0.25, -0.2) is 22.5 Å². The van der Waals surface area contributed by atoms with E-state index in [2.05, 4.69) is 20.0 Å². The van der Waals surface area contributed by atoms with Gasteiger partial charge in [0.25, 0.3) is 0 Å². The zero-order valence-corrected chi connectivity index (χ0v) is 25.0. The standard InChI is InChI=1S/C28H21ClF7N5O4S/c1-15-38-24(27(31,32)33)25(29)40(15)26(14-42)22(30)11-18(12-23(26)46(2,43)44)17-4-3-5-19(10-17)41-21(13-37-39-41)16-6-8-20(9-7-16)45-28(34,35)36/h3-13,22,42H,14H2,1-2H3. The van der Waals surface area contributed by atoms with E-state index in [0.717, 1.165) is 31.2 Å². The first kappa shape index (κ1) is 33.2. The number of halogens is 8. The summed E-state index contributed by atoms with van der Waals surface area (Å²) in [6.45, 7) is -0.222. The highest BCUT2D eigenvalue weighted by atomic mass is 35.5. The summed E-state index contributed by atoms with van der Waals surface area (Å²) in [5.74, 6) is -0.935. The van der Waals surface area contributed by atoms with E-state index in [4.69, 9.17) is 11.6 Å². The largest absolute Gasteiger partial charge is 0.573 e. The third-order valence-electron chi connectivity index (χ3n) is 7.15. The SMILES string of the molecule is Cc1nc(C(F)(F)F)c(Cl)n1C1(CO)C(S(C)(=O)=O)=CC(c2cccc(-n3nncc3-c3ccc(OC(F)(F)F)cc3)c2)=CC1F. The predicted octanol–water partition coefficient (Wildman–Crippen LogP) is 6.06. The van der Waals surface area contributed by atoms with Gasteiger partial charge in [-0.3, -0.25) is 0 Å². The van der Waals surface area contributed by atoms with Gasteiger partial charge in [-0.1, -0.05) is 28.9 Å². The van der Waals surface area contributed by atoms with Crippen molar-refractivity contribution in [2.24, 2.45) is 0 Å². The van der Waals surface area contributed by atoms with Crippen molar-refractivity contribution in [1.29, 1.82) is 0 Å². The fourth-order valence-corrected chi connectivity index (χ4v) is 6.91. The number of rotatable bonds is 7. The van der Waals surface area contributed by atoms with E-state index < -0.39 is 68.0 Å². The van der Waals surface area contributed by atoms with Crippen LogP contribution >= 0.6 is 11.6 Å². The zero-order valence-electron chi connectivity index (χ0n) is 23.5. The van der Waals surface area contributed by atoms with Crippen molar-refractivity contribution in [1.82, 2.24) is 24.5 Å². The van der Waals surface area contributed by atoms with E-state index in [1.807, 2.05) is 0 Å². The maximum atomic E-state index is 16.3. The Hall–Kier alpha value is -4.22. The molecular formula is C28H21ClF7N5O4S. The molecule has 5 rings (SSSR count). The maximum absolute atomic E-state index is 16.3. The second kappa shape index (κ2) is 11.5. The molecule has 2 heterocycles. The van der Waals surface area contributed by atoms with Crippen LogP contribution in [0.5, 0.6) is 5.75 Å². The summed E-state index contributed by atoms with van der Waals surface area (Å²) in [5, 5.41) is 17.2. The normalized spacial score (nSPS) is 19.2. The number of hydrogen-bond donors (Lipinski definition) is 1. The average molecular weight is 692 g/mol. The fraction of sp³-hybridized carbons (Fsp3) is 0.250. The summed E-state index contributed by atoms with van der Waals surface area (Å²) >= 11 is 6.02. The number of imidazole rings is 1. The maximum Gasteiger partial charge on any atom is 0.573 e. The Labute approximate surface area is 261 Å². The summed E-state index contributed by atoms with van der Waals surface area (Å²) < 4.78 is 127. The number of aryl methyl sites for hydroxylation is 1. The van der Waals surface area contributed by atoms with Crippen LogP contribution in [-0.2, 0) is 21.6 Å². The number of allylic oxidation sites excluding steroid dienone is 3. The number of ether oxygens (including phenoxy) is 1. The van der Waals surface area contributed by atoms with E-state index in [0.29, 0.717) is 27.8 Å². The van der Waals surface area contributed by atoms with Crippen LogP contribution in [0.3, 0.4) is 0 Å². The molecule has 1 N–H and O–H groups in total. The van der Waals surface area contributed by atoms with Gasteiger partial charge in [0.1, 0.15) is 28.4 Å². The number of aliphatic hydroxyl groups is 1. The molecule has 0 aliphatic heterocycles. The molecule has 2 aromatic heterocycles. The molecule has 9 nitrogen and oxygen atoms in total. The quantitative estimate of drug-likeness (QED) is 0.235. The zero-order chi connectivity index (χ0) is 33.8. The molecule has 46 heavy (non-hydrogen) atoms. The van der Waals surface area contributed by atoms with Gasteiger partial charge < -0.3 is 14.4 Å². The lowest BCUT2D eigenvalue weighted by Crippen LogP contribution is -2.51. The minimum atomic E-state index is -5.06. The number of alkyl halides is 7. The Morgan fingerprint density at radius 2 is 1.74 bits per heavy atom. The lowest BCUT2D eigenvalue weighted by molar-refractivity contribution is -0.274. The van der Waals surface area contributed by atoms with E-state index in [1.54, 1.807) is 6.07 Å². The van der Waals surface area contributed by atoms with Crippen LogP contribution in [0.15, 0.2) is 71.8 Å². The number of sulfone groups is 1. The van der Waals surface area contributed by atoms with Gasteiger partial charge >= 0.3 is 12.5 Å². The van der Waals surface area contributed by atoms with E-state index >= 15 is 4.39 Å². The Bertz CT molecular complexity index is 1970. The number of aliphatic hydroxyl groups excluding tert-OH is 1. The molecule has 0 bridgehead atoms. The third-order valence-corrected chi connectivity index (χ3v) is 8.77. The molecule has 0 radical (unpaired) electrons. The first-order chi connectivity index (χ1) is 21.4. The van der Waals surface area contributed by atoms with Crippen LogP contribution < -0.4 is 4.74 Å². The number of benzene rings is 2. The highest BCUT2D eigenvalue weighted by Crippen LogP contribution is 2.46. The van der Waals surface area contributed by atoms with Crippen molar-refractivity contribution in [3.8, 4) is 22.7 Å². The summed E-state index contributed by atoms with van der Waals surface area (Å²) in [6.07, 6.45) is -8.33. The topological polar surface area (TPSA) is 112 Å². The van der Waals surface area contributed by atoms with Crippen LogP contribution in [-0.4, -0.2) is 63.5 Å². The number of hydrogen-bond acceptors (Lipinski definition) is 7. The van der Waals surface area contributed by atoms with Crippen molar-refractivity contribution >= 4 is 27.0 Å². The second-order valence-electron chi connectivity index (χ2n) is 10.2. The molecule has 2 aromatic carbocycles. The number of aromatic nitrogens is 5. The molecule has 0 saturated carbocycles. The average Bonchev–Trinajstić information content (AvgIpc) is 3.57. The van der Waals surface area contributed by atoms with Gasteiger partial charge in [0.15, 0.2) is 15.5 Å². The van der Waals surface area contributed by atoms with Crippen molar-refractivity contribution < 1.29 is 49.0 Å². The molecular weight excluding hydrogens is 671 g/mol. The van der Waals surface area contributed by atoms with Gasteiger partial charge in [0.05, 0.1) is 29.1 Å². The minimum Gasteiger partial charge on any atom is -0.406 e. The first-order valence-electron chi connectivity index (χ1n) is 13.0. The Morgan fingerprint density at radius 1 is 1.07 bits per heavy atom. The van der Waals surface area contributed by atoms with Crippen LogP contribution in [0.1, 0.15) is 17.1 Å². The first-order valence-corrected chi connectivity index (χ1v) is 15.2. The minimum absolute atomic E-state index is 0.000830. The highest BCUT2D eigenvalue weighted by Gasteiger charge is 2.53. The molecule has 0 fully saturated rings. The second-order valence-corrected chi connectivity index (χ2v) is 12.5. The molecule has 2 unspecified atom stereocenters. The van der Waals surface area contributed by atoms with Crippen LogP contribution in [0.2, 0.25) is 5.15 Å². The summed E-state index contributed by atoms with van der Waals surface area (Å²) in [6, 6.07) is 11.0. The molecule has 244 valence electrons. The van der Waals surface area contributed by atoms with Crippen LogP contribution in [0.25, 0.3) is 22.5 Å². The van der Waals surface area contributed by atoms with Crippen LogP contribution in [0, 0.1) is 6.92 Å². The summed E-state index contributed by atoms with van der Waals surface area (Å²) in [4.78, 5) is 2.63. The highest BCUT2D eigenvalue weighted by molar-refractivity contribution is 7.94. The van der Waals surface area contributed by atoms with Crippen molar-refractivity contribution in [2.75, 3.05) is 12.9 Å². The lowest BCUT2D eigenvalue weighted by Gasteiger charge is -2.40. The lowest BCUT2D eigenvalue weighted by atomic mass is 9.84.